The molecule has 0 radical (unpaired) electrons. The Morgan fingerprint density at radius 1 is 1.24 bits per heavy atom. The van der Waals surface area contributed by atoms with Crippen molar-refractivity contribution in [3.8, 4) is 0 Å². The van der Waals surface area contributed by atoms with Crippen LogP contribution in [0.15, 0.2) is 40.6 Å². The van der Waals surface area contributed by atoms with Gasteiger partial charge in [-0.2, -0.15) is 0 Å². The van der Waals surface area contributed by atoms with Gasteiger partial charge < -0.3 is 0 Å². The fraction of sp³-hybridized carbons (Fsp3) is 0.267. The smallest absolute Gasteiger partial charge is 0.238 e. The van der Waals surface area contributed by atoms with Crippen molar-refractivity contribution < 1.29 is 13.2 Å². The molecular weight excluding hydrogens is 306 g/mol. The van der Waals surface area contributed by atoms with Crippen LogP contribution in [0.5, 0.6) is 0 Å². The number of hydrogen-bond donors (Lipinski definition) is 1. The molecule has 1 aromatic carbocycles. The zero-order valence-corrected chi connectivity index (χ0v) is 13.3. The van der Waals surface area contributed by atoms with Gasteiger partial charge in [0.2, 0.25) is 15.8 Å². The fourth-order valence-electron chi connectivity index (χ4n) is 1.93. The van der Waals surface area contributed by atoms with Crippen molar-refractivity contribution in [2.24, 2.45) is 5.14 Å². The molecule has 0 fully saturated rings. The monoisotopic (exact) mass is 323 g/mol. The Morgan fingerprint density at radius 2 is 1.90 bits per heavy atom. The number of aryl methyl sites for hydroxylation is 1. The number of carbonyl (C=O) groups is 1. The van der Waals surface area contributed by atoms with Crippen molar-refractivity contribution in [3.63, 3.8) is 0 Å². The number of nitrogens with two attached hydrogens (primary N) is 1. The lowest BCUT2D eigenvalue weighted by atomic mass is 10.0. The van der Waals surface area contributed by atoms with Crippen LogP contribution in [-0.4, -0.2) is 14.2 Å². The van der Waals surface area contributed by atoms with E-state index in [0.717, 1.165) is 30.6 Å². The summed E-state index contributed by atoms with van der Waals surface area (Å²) in [5, 5.41) is 6.43. The van der Waals surface area contributed by atoms with Crippen molar-refractivity contribution >= 4 is 27.1 Å². The summed E-state index contributed by atoms with van der Waals surface area (Å²) >= 11 is 1.09. The standard InChI is InChI=1S/C15H17NO3S2/c1-2-3-4-11-5-7-12(8-6-11)15(17)14-9-13(10-20-14)21(16,18)19/h5-10H,2-4H2,1H3,(H2,16,18,19). The first kappa shape index (κ1) is 15.9. The molecule has 0 spiro atoms. The molecule has 6 heteroatoms. The topological polar surface area (TPSA) is 77.2 Å². The van der Waals surface area contributed by atoms with Crippen molar-refractivity contribution in [3.05, 3.63) is 51.7 Å². The number of benzene rings is 1. The molecule has 4 nitrogen and oxygen atoms in total. The average Bonchev–Trinajstić information content (AvgIpc) is 2.95. The van der Waals surface area contributed by atoms with Gasteiger partial charge in [-0.05, 0) is 24.5 Å². The molecule has 0 aliphatic heterocycles. The summed E-state index contributed by atoms with van der Waals surface area (Å²) in [5.41, 5.74) is 1.75. The van der Waals surface area contributed by atoms with Crippen LogP contribution in [0.25, 0.3) is 0 Å². The predicted molar refractivity (Wildman–Crippen MR) is 84.2 cm³/mol. The number of primary sulfonamides is 1. The molecule has 0 saturated heterocycles. The fourth-order valence-corrected chi connectivity index (χ4v) is 3.70. The maximum atomic E-state index is 12.3. The molecule has 0 aliphatic rings. The maximum Gasteiger partial charge on any atom is 0.238 e. The molecular formula is C15H17NO3S2. The predicted octanol–water partition coefficient (Wildman–Crippen LogP) is 2.97. The number of thiophene rings is 1. The van der Waals surface area contributed by atoms with Crippen LogP contribution in [0.3, 0.4) is 0 Å². The summed E-state index contributed by atoms with van der Waals surface area (Å²) in [5.74, 6) is -0.183. The third-order valence-corrected chi connectivity index (χ3v) is 5.13. The molecule has 0 atom stereocenters. The minimum Gasteiger partial charge on any atom is -0.288 e. The Balaban J connectivity index is 2.18. The highest BCUT2D eigenvalue weighted by Gasteiger charge is 2.16. The van der Waals surface area contributed by atoms with Crippen LogP contribution in [0, 0.1) is 0 Å². The summed E-state index contributed by atoms with van der Waals surface area (Å²) in [6, 6.07) is 8.77. The Morgan fingerprint density at radius 3 is 2.43 bits per heavy atom. The first-order valence-corrected chi connectivity index (χ1v) is 9.09. The highest BCUT2D eigenvalue weighted by atomic mass is 32.2. The molecule has 2 rings (SSSR count). The highest BCUT2D eigenvalue weighted by molar-refractivity contribution is 7.89. The Hall–Kier alpha value is -1.50. The summed E-state index contributed by atoms with van der Waals surface area (Å²) in [6.45, 7) is 2.14. The Bertz CT molecular complexity index is 731. The van der Waals surface area contributed by atoms with E-state index in [0.29, 0.717) is 10.4 Å². The quantitative estimate of drug-likeness (QED) is 0.830. The van der Waals surface area contributed by atoms with Gasteiger partial charge in [-0.25, -0.2) is 13.6 Å². The van der Waals surface area contributed by atoms with Gasteiger partial charge in [0.15, 0.2) is 0 Å². The van der Waals surface area contributed by atoms with Gasteiger partial charge in [-0.3, -0.25) is 4.79 Å². The summed E-state index contributed by atoms with van der Waals surface area (Å²) in [4.78, 5) is 12.6. The van der Waals surface area contributed by atoms with E-state index in [1.54, 1.807) is 12.1 Å². The SMILES string of the molecule is CCCCc1ccc(C(=O)c2cc(S(N)(=O)=O)cs2)cc1. The molecule has 0 saturated carbocycles. The Kier molecular flexibility index (Phi) is 4.92. The van der Waals surface area contributed by atoms with Gasteiger partial charge in [0.05, 0.1) is 9.77 Å². The van der Waals surface area contributed by atoms with Crippen molar-refractivity contribution in [1.82, 2.24) is 0 Å². The number of rotatable bonds is 6. The molecule has 112 valence electrons. The molecule has 1 aromatic heterocycles. The molecule has 21 heavy (non-hydrogen) atoms. The molecule has 0 amide bonds. The van der Waals surface area contributed by atoms with E-state index in [9.17, 15) is 13.2 Å². The van der Waals surface area contributed by atoms with E-state index in [-0.39, 0.29) is 10.7 Å². The minimum absolute atomic E-state index is 0.0181. The highest BCUT2D eigenvalue weighted by Crippen LogP contribution is 2.21. The zero-order valence-electron chi connectivity index (χ0n) is 11.7. The first-order chi connectivity index (χ1) is 9.91. The van der Waals surface area contributed by atoms with Crippen LogP contribution < -0.4 is 5.14 Å². The lowest BCUT2D eigenvalue weighted by molar-refractivity contribution is 0.104. The van der Waals surface area contributed by atoms with Crippen LogP contribution in [-0.2, 0) is 16.4 Å². The third-order valence-electron chi connectivity index (χ3n) is 3.16. The van der Waals surface area contributed by atoms with E-state index in [4.69, 9.17) is 5.14 Å². The van der Waals surface area contributed by atoms with E-state index >= 15 is 0 Å². The maximum absolute atomic E-state index is 12.3. The van der Waals surface area contributed by atoms with Crippen LogP contribution in [0.1, 0.15) is 40.6 Å². The van der Waals surface area contributed by atoms with Crippen molar-refractivity contribution in [2.45, 2.75) is 31.1 Å². The lowest BCUT2D eigenvalue weighted by Crippen LogP contribution is -2.11. The molecule has 0 bridgehead atoms. The third kappa shape index (κ3) is 4.00. The normalized spacial score (nSPS) is 11.5. The first-order valence-electron chi connectivity index (χ1n) is 6.67. The second kappa shape index (κ2) is 6.51. The minimum atomic E-state index is -3.76. The van der Waals surface area contributed by atoms with Gasteiger partial charge in [0.1, 0.15) is 0 Å². The number of ketones is 1. The van der Waals surface area contributed by atoms with Gasteiger partial charge in [0, 0.05) is 10.9 Å². The van der Waals surface area contributed by atoms with E-state index in [2.05, 4.69) is 6.92 Å². The summed E-state index contributed by atoms with van der Waals surface area (Å²) in [7, 11) is -3.76. The number of unbranched alkanes of at least 4 members (excludes halogenated alkanes) is 1. The van der Waals surface area contributed by atoms with E-state index < -0.39 is 10.0 Å². The van der Waals surface area contributed by atoms with Crippen molar-refractivity contribution in [1.29, 1.82) is 0 Å². The van der Waals surface area contributed by atoms with E-state index in [1.165, 1.54) is 17.0 Å². The van der Waals surface area contributed by atoms with Gasteiger partial charge >= 0.3 is 0 Å². The average molecular weight is 323 g/mol. The Labute approximate surface area is 128 Å². The van der Waals surface area contributed by atoms with Crippen LogP contribution >= 0.6 is 11.3 Å². The number of carbonyl (C=O) groups excluding carboxylic acids is 1. The molecule has 2 N–H and O–H groups in total. The molecule has 0 aliphatic carbocycles. The molecule has 2 aromatic rings. The number of sulfonamides is 1. The van der Waals surface area contributed by atoms with Crippen molar-refractivity contribution in [2.75, 3.05) is 0 Å². The summed E-state index contributed by atoms with van der Waals surface area (Å²) in [6.07, 6.45) is 3.25. The second-order valence-corrected chi connectivity index (χ2v) is 7.29. The lowest BCUT2D eigenvalue weighted by Gasteiger charge is -2.02. The largest absolute Gasteiger partial charge is 0.288 e. The zero-order chi connectivity index (χ0) is 15.5. The van der Waals surface area contributed by atoms with E-state index in [1.807, 2.05) is 12.1 Å². The number of hydrogen-bond acceptors (Lipinski definition) is 4. The van der Waals surface area contributed by atoms with Crippen LogP contribution in [0.2, 0.25) is 0 Å². The molecule has 0 unspecified atom stereocenters. The van der Waals surface area contributed by atoms with Gasteiger partial charge in [0.25, 0.3) is 0 Å². The van der Waals surface area contributed by atoms with Crippen LogP contribution in [0.4, 0.5) is 0 Å². The van der Waals surface area contributed by atoms with Gasteiger partial charge in [-0.15, -0.1) is 11.3 Å². The van der Waals surface area contributed by atoms with Gasteiger partial charge in [-0.1, -0.05) is 37.6 Å². The second-order valence-electron chi connectivity index (χ2n) is 4.82. The summed E-state index contributed by atoms with van der Waals surface area (Å²) < 4.78 is 22.4. The molecule has 1 heterocycles.